The smallest absolute Gasteiger partial charge is 0.123 e. The lowest BCUT2D eigenvalue weighted by Crippen LogP contribution is -2.04. The SMILES string of the molecule is COc1ccc(N)cc1CNc1cccc(Cl)c1C#N. The number of hydrogen-bond acceptors (Lipinski definition) is 4. The minimum absolute atomic E-state index is 0.428. The second-order valence-electron chi connectivity index (χ2n) is 4.20. The van der Waals surface area contributed by atoms with Crippen LogP contribution in [-0.2, 0) is 6.54 Å². The number of ether oxygens (including phenoxy) is 1. The lowest BCUT2D eigenvalue weighted by Gasteiger charge is -2.12. The summed E-state index contributed by atoms with van der Waals surface area (Å²) in [5.74, 6) is 0.743. The van der Waals surface area contributed by atoms with Gasteiger partial charge in [-0.15, -0.1) is 0 Å². The van der Waals surface area contributed by atoms with Gasteiger partial charge in [0, 0.05) is 17.8 Å². The van der Waals surface area contributed by atoms with E-state index in [1.54, 1.807) is 25.3 Å². The molecule has 0 aromatic heterocycles. The molecular weight excluding hydrogens is 274 g/mol. The average molecular weight is 288 g/mol. The molecule has 0 spiro atoms. The number of nitriles is 1. The number of rotatable bonds is 4. The van der Waals surface area contributed by atoms with Crippen molar-refractivity contribution in [2.75, 3.05) is 18.2 Å². The Bertz CT molecular complexity index is 665. The molecular formula is C15H14ClN3O. The van der Waals surface area contributed by atoms with Crippen LogP contribution in [0, 0.1) is 11.3 Å². The lowest BCUT2D eigenvalue weighted by molar-refractivity contribution is 0.410. The van der Waals surface area contributed by atoms with E-state index in [0.29, 0.717) is 28.5 Å². The fraction of sp³-hybridized carbons (Fsp3) is 0.133. The standard InChI is InChI=1S/C15H14ClN3O/c1-20-15-6-5-11(18)7-10(15)9-19-14-4-2-3-13(16)12(14)8-17/h2-7,19H,9,18H2,1H3. The van der Waals surface area contributed by atoms with Crippen LogP contribution in [0.5, 0.6) is 5.75 Å². The molecule has 2 rings (SSSR count). The van der Waals surface area contributed by atoms with Crippen LogP contribution < -0.4 is 15.8 Å². The number of nitrogen functional groups attached to an aromatic ring is 1. The van der Waals surface area contributed by atoms with E-state index in [4.69, 9.17) is 27.3 Å². The van der Waals surface area contributed by atoms with E-state index in [2.05, 4.69) is 11.4 Å². The minimum Gasteiger partial charge on any atom is -0.496 e. The van der Waals surface area contributed by atoms with Crippen LogP contribution in [0.1, 0.15) is 11.1 Å². The first-order valence-electron chi connectivity index (χ1n) is 6.00. The van der Waals surface area contributed by atoms with Crippen molar-refractivity contribution in [1.29, 1.82) is 5.26 Å². The lowest BCUT2D eigenvalue weighted by atomic mass is 10.1. The Kier molecular flexibility index (Phi) is 4.34. The van der Waals surface area contributed by atoms with Crippen molar-refractivity contribution in [2.24, 2.45) is 0 Å². The molecule has 0 heterocycles. The zero-order chi connectivity index (χ0) is 14.5. The molecule has 2 aromatic rings. The second kappa shape index (κ2) is 6.18. The maximum atomic E-state index is 9.12. The van der Waals surface area contributed by atoms with Gasteiger partial charge in [-0.25, -0.2) is 0 Å². The predicted molar refractivity (Wildman–Crippen MR) is 80.9 cm³/mol. The zero-order valence-corrected chi connectivity index (χ0v) is 11.7. The van der Waals surface area contributed by atoms with Gasteiger partial charge in [-0.1, -0.05) is 17.7 Å². The summed E-state index contributed by atoms with van der Waals surface area (Å²) < 4.78 is 5.28. The molecule has 2 aromatic carbocycles. The Labute approximate surface area is 122 Å². The number of nitrogens with zero attached hydrogens (tertiary/aromatic N) is 1. The highest BCUT2D eigenvalue weighted by Crippen LogP contribution is 2.26. The van der Waals surface area contributed by atoms with Crippen molar-refractivity contribution in [3.63, 3.8) is 0 Å². The van der Waals surface area contributed by atoms with Gasteiger partial charge in [0.05, 0.1) is 23.4 Å². The van der Waals surface area contributed by atoms with Crippen LogP contribution in [0.4, 0.5) is 11.4 Å². The zero-order valence-electron chi connectivity index (χ0n) is 11.0. The maximum Gasteiger partial charge on any atom is 0.123 e. The molecule has 0 saturated heterocycles. The number of nitrogens with one attached hydrogen (secondary N) is 1. The summed E-state index contributed by atoms with van der Waals surface area (Å²) in [5.41, 5.74) is 8.46. The van der Waals surface area contributed by atoms with Crippen molar-refractivity contribution < 1.29 is 4.74 Å². The van der Waals surface area contributed by atoms with Crippen molar-refractivity contribution in [2.45, 2.75) is 6.54 Å². The molecule has 0 aliphatic carbocycles. The Morgan fingerprint density at radius 1 is 1.35 bits per heavy atom. The molecule has 0 saturated carbocycles. The number of benzene rings is 2. The predicted octanol–water partition coefficient (Wildman–Crippen LogP) is 3.41. The van der Waals surface area contributed by atoms with E-state index in [0.717, 1.165) is 11.3 Å². The third kappa shape index (κ3) is 2.95. The van der Waals surface area contributed by atoms with Gasteiger partial charge < -0.3 is 15.8 Å². The summed E-state index contributed by atoms with van der Waals surface area (Å²) >= 11 is 5.99. The molecule has 20 heavy (non-hydrogen) atoms. The molecule has 3 N–H and O–H groups in total. The number of halogens is 1. The van der Waals surface area contributed by atoms with Gasteiger partial charge in [0.1, 0.15) is 11.8 Å². The van der Waals surface area contributed by atoms with E-state index >= 15 is 0 Å². The largest absolute Gasteiger partial charge is 0.496 e. The molecule has 0 aliphatic heterocycles. The summed E-state index contributed by atoms with van der Waals surface area (Å²) in [6.07, 6.45) is 0. The molecule has 0 fully saturated rings. The Morgan fingerprint density at radius 2 is 2.15 bits per heavy atom. The van der Waals surface area contributed by atoms with Gasteiger partial charge in [-0.3, -0.25) is 0 Å². The second-order valence-corrected chi connectivity index (χ2v) is 4.61. The van der Waals surface area contributed by atoms with E-state index in [-0.39, 0.29) is 0 Å². The summed E-state index contributed by atoms with van der Waals surface area (Å²) in [6.45, 7) is 0.489. The Morgan fingerprint density at radius 3 is 2.85 bits per heavy atom. The Hall–Kier alpha value is -2.38. The molecule has 0 radical (unpaired) electrons. The molecule has 102 valence electrons. The molecule has 0 amide bonds. The molecule has 5 heteroatoms. The molecule has 0 aliphatic rings. The maximum absolute atomic E-state index is 9.12. The summed E-state index contributed by atoms with van der Waals surface area (Å²) in [4.78, 5) is 0. The van der Waals surface area contributed by atoms with Crippen LogP contribution in [0.15, 0.2) is 36.4 Å². The number of hydrogen-bond donors (Lipinski definition) is 2. The first kappa shape index (κ1) is 14.0. The number of methoxy groups -OCH3 is 1. The van der Waals surface area contributed by atoms with Crippen LogP contribution >= 0.6 is 11.6 Å². The van der Waals surface area contributed by atoms with Crippen molar-refractivity contribution in [3.05, 3.63) is 52.5 Å². The van der Waals surface area contributed by atoms with Gasteiger partial charge in [-0.2, -0.15) is 5.26 Å². The van der Waals surface area contributed by atoms with Gasteiger partial charge >= 0.3 is 0 Å². The highest BCUT2D eigenvalue weighted by atomic mass is 35.5. The monoisotopic (exact) mass is 287 g/mol. The van der Waals surface area contributed by atoms with E-state index in [1.165, 1.54) is 0 Å². The fourth-order valence-corrected chi connectivity index (χ4v) is 2.13. The van der Waals surface area contributed by atoms with Crippen molar-refractivity contribution in [1.82, 2.24) is 0 Å². The molecule has 0 bridgehead atoms. The van der Waals surface area contributed by atoms with E-state index in [1.807, 2.05) is 18.2 Å². The quantitative estimate of drug-likeness (QED) is 0.845. The summed E-state index contributed by atoms with van der Waals surface area (Å²) in [7, 11) is 1.61. The summed E-state index contributed by atoms with van der Waals surface area (Å²) in [5, 5.41) is 12.7. The van der Waals surface area contributed by atoms with Crippen LogP contribution in [0.25, 0.3) is 0 Å². The minimum atomic E-state index is 0.428. The van der Waals surface area contributed by atoms with Gasteiger partial charge in [-0.05, 0) is 30.3 Å². The summed E-state index contributed by atoms with van der Waals surface area (Å²) in [6, 6.07) is 12.8. The van der Waals surface area contributed by atoms with Crippen LogP contribution in [0.2, 0.25) is 5.02 Å². The fourth-order valence-electron chi connectivity index (χ4n) is 1.91. The van der Waals surface area contributed by atoms with Gasteiger partial charge in [0.15, 0.2) is 0 Å². The van der Waals surface area contributed by atoms with E-state index < -0.39 is 0 Å². The highest BCUT2D eigenvalue weighted by molar-refractivity contribution is 6.32. The van der Waals surface area contributed by atoms with Crippen molar-refractivity contribution >= 4 is 23.0 Å². The first-order chi connectivity index (χ1) is 9.65. The first-order valence-corrected chi connectivity index (χ1v) is 6.38. The van der Waals surface area contributed by atoms with Crippen molar-refractivity contribution in [3.8, 4) is 11.8 Å². The third-order valence-corrected chi connectivity index (χ3v) is 3.21. The molecule has 0 unspecified atom stereocenters. The van der Waals surface area contributed by atoms with E-state index in [9.17, 15) is 0 Å². The topological polar surface area (TPSA) is 71.1 Å². The Balaban J connectivity index is 2.24. The van der Waals surface area contributed by atoms with Gasteiger partial charge in [0.25, 0.3) is 0 Å². The normalized spacial score (nSPS) is 9.85. The van der Waals surface area contributed by atoms with Crippen LogP contribution in [0.3, 0.4) is 0 Å². The molecule has 4 nitrogen and oxygen atoms in total. The number of anilines is 2. The number of nitrogens with two attached hydrogens (primary N) is 1. The van der Waals surface area contributed by atoms with Crippen LogP contribution in [-0.4, -0.2) is 7.11 Å². The third-order valence-electron chi connectivity index (χ3n) is 2.90. The van der Waals surface area contributed by atoms with Gasteiger partial charge in [0.2, 0.25) is 0 Å². The highest BCUT2D eigenvalue weighted by Gasteiger charge is 2.08. The average Bonchev–Trinajstić information content (AvgIpc) is 2.45. The molecule has 0 atom stereocenters.